The van der Waals surface area contributed by atoms with Crippen LogP contribution in [-0.2, 0) is 0 Å². The summed E-state index contributed by atoms with van der Waals surface area (Å²) < 4.78 is 0. The number of hydrogen-bond donors (Lipinski definition) is 2. The van der Waals surface area contributed by atoms with E-state index in [4.69, 9.17) is 0 Å². The van der Waals surface area contributed by atoms with Gasteiger partial charge in [0.1, 0.15) is 12.1 Å². The molecule has 0 heterocycles. The van der Waals surface area contributed by atoms with Crippen molar-refractivity contribution >= 4 is 0 Å². The first-order chi connectivity index (χ1) is 9.68. The Morgan fingerprint density at radius 3 is 1.75 bits per heavy atom. The van der Waals surface area contributed by atoms with Crippen molar-refractivity contribution in [3.63, 3.8) is 0 Å². The molecule has 4 N–H and O–H groups in total. The molecule has 0 aromatic rings. The molecule has 2 atom stereocenters. The van der Waals surface area contributed by atoms with Crippen LogP contribution >= 0.6 is 0 Å². The Bertz CT molecular complexity index is 213. The second-order valence-electron chi connectivity index (χ2n) is 6.22. The fraction of sp³-hybridized carbons (Fsp3) is 0.889. The molecule has 2 heteroatoms. The average molecular weight is 285 g/mol. The molecule has 0 aliphatic heterocycles. The van der Waals surface area contributed by atoms with Gasteiger partial charge in [-0.05, 0) is 19.8 Å². The number of unbranched alkanes of at least 4 members (excludes halogenated alkanes) is 11. The Morgan fingerprint density at radius 1 is 0.850 bits per heavy atom. The summed E-state index contributed by atoms with van der Waals surface area (Å²) in [6.07, 6.45) is 20.0. The van der Waals surface area contributed by atoms with E-state index in [1.807, 2.05) is 13.0 Å². The van der Waals surface area contributed by atoms with Crippen LogP contribution in [0.5, 0.6) is 0 Å². The molecular weight excluding hydrogens is 246 g/mol. The first-order valence-electron chi connectivity index (χ1n) is 8.86. The Labute approximate surface area is 126 Å². The summed E-state index contributed by atoms with van der Waals surface area (Å²) >= 11 is 0. The van der Waals surface area contributed by atoms with Gasteiger partial charge in [-0.1, -0.05) is 83.3 Å². The maximum absolute atomic E-state index is 9.55. The maximum Gasteiger partial charge on any atom is 0.123 e. The molecule has 0 fully saturated rings. The number of aliphatic hydroxyl groups excluding tert-OH is 1. The van der Waals surface area contributed by atoms with Crippen LogP contribution in [0.3, 0.4) is 0 Å². The first-order valence-corrected chi connectivity index (χ1v) is 8.86. The lowest BCUT2D eigenvalue weighted by Gasteiger charge is -2.05. The van der Waals surface area contributed by atoms with Gasteiger partial charge in [0.15, 0.2) is 0 Å². The van der Waals surface area contributed by atoms with E-state index in [0.717, 1.165) is 6.42 Å². The third kappa shape index (κ3) is 14.1. The van der Waals surface area contributed by atoms with Crippen LogP contribution < -0.4 is 5.73 Å². The van der Waals surface area contributed by atoms with Gasteiger partial charge >= 0.3 is 0 Å². The van der Waals surface area contributed by atoms with Gasteiger partial charge in [-0.15, -0.1) is 0 Å². The topological polar surface area (TPSA) is 47.9 Å². The summed E-state index contributed by atoms with van der Waals surface area (Å²) in [7, 11) is 0. The number of rotatable bonds is 14. The Hall–Kier alpha value is -0.340. The van der Waals surface area contributed by atoms with Crippen LogP contribution in [0.4, 0.5) is 0 Å². The second kappa shape index (κ2) is 15.1. The van der Waals surface area contributed by atoms with Crippen LogP contribution in [0.15, 0.2) is 12.2 Å². The lowest BCUT2D eigenvalue weighted by Crippen LogP contribution is -2.64. The predicted octanol–water partition coefficient (Wildman–Crippen LogP) is 4.24. The predicted molar refractivity (Wildman–Crippen MR) is 88.6 cm³/mol. The van der Waals surface area contributed by atoms with Crippen LogP contribution in [0.2, 0.25) is 0 Å². The number of quaternary nitrogens is 1. The van der Waals surface area contributed by atoms with Crippen molar-refractivity contribution in [3.8, 4) is 0 Å². The van der Waals surface area contributed by atoms with Crippen molar-refractivity contribution in [1.82, 2.24) is 0 Å². The van der Waals surface area contributed by atoms with Crippen molar-refractivity contribution in [1.29, 1.82) is 0 Å². The van der Waals surface area contributed by atoms with Gasteiger partial charge < -0.3 is 10.8 Å². The highest BCUT2D eigenvalue weighted by molar-refractivity contribution is 4.90. The fourth-order valence-electron chi connectivity index (χ4n) is 2.35. The highest BCUT2D eigenvalue weighted by Gasteiger charge is 2.06. The first kappa shape index (κ1) is 19.7. The van der Waals surface area contributed by atoms with Crippen LogP contribution in [-0.4, -0.2) is 17.3 Å². The monoisotopic (exact) mass is 284 g/mol. The van der Waals surface area contributed by atoms with E-state index in [9.17, 15) is 5.11 Å². The van der Waals surface area contributed by atoms with Crippen LogP contribution in [0, 0.1) is 0 Å². The molecule has 0 aliphatic rings. The van der Waals surface area contributed by atoms with Crippen molar-refractivity contribution < 1.29 is 10.8 Å². The molecule has 0 spiro atoms. The normalized spacial score (nSPS) is 14.8. The molecule has 0 aromatic heterocycles. The second-order valence-corrected chi connectivity index (χ2v) is 6.22. The van der Waals surface area contributed by atoms with Gasteiger partial charge in [-0.3, -0.25) is 0 Å². The largest absolute Gasteiger partial charge is 0.383 e. The number of allylic oxidation sites excluding steroid dienone is 1. The Balaban J connectivity index is 3.13. The summed E-state index contributed by atoms with van der Waals surface area (Å²) in [5, 5.41) is 9.55. The highest BCUT2D eigenvalue weighted by atomic mass is 16.3. The summed E-state index contributed by atoms with van der Waals surface area (Å²) in [4.78, 5) is 0. The third-order valence-electron chi connectivity index (χ3n) is 3.89. The molecule has 20 heavy (non-hydrogen) atoms. The average Bonchev–Trinajstić information content (AvgIpc) is 2.43. The standard InChI is InChI=1S/C18H37NO/c1-3-4-5-6-7-8-9-10-11-12-13-14-15-16-18(20)17(2)19/h15-18,20H,3-14,19H2,1-2H3/p+1/b16-15+/t17-,18+/m1/s1. The van der Waals surface area contributed by atoms with Gasteiger partial charge in [-0.2, -0.15) is 0 Å². The molecule has 0 saturated carbocycles. The zero-order chi connectivity index (χ0) is 15.1. The van der Waals surface area contributed by atoms with E-state index in [1.165, 1.54) is 70.6 Å². The van der Waals surface area contributed by atoms with Crippen molar-refractivity contribution in [3.05, 3.63) is 12.2 Å². The molecule has 0 radical (unpaired) electrons. The van der Waals surface area contributed by atoms with Gasteiger partial charge in [-0.25, -0.2) is 0 Å². The van der Waals surface area contributed by atoms with Crippen molar-refractivity contribution in [2.75, 3.05) is 0 Å². The summed E-state index contributed by atoms with van der Waals surface area (Å²) in [5.41, 5.74) is 3.82. The molecule has 0 aromatic carbocycles. The molecule has 2 nitrogen and oxygen atoms in total. The highest BCUT2D eigenvalue weighted by Crippen LogP contribution is 2.12. The Kier molecular flexibility index (Phi) is 14.8. The van der Waals surface area contributed by atoms with Gasteiger partial charge in [0.05, 0.1) is 0 Å². The lowest BCUT2D eigenvalue weighted by atomic mass is 10.0. The molecule has 0 rings (SSSR count). The quantitative estimate of drug-likeness (QED) is 0.364. The van der Waals surface area contributed by atoms with Crippen LogP contribution in [0.1, 0.15) is 90.9 Å². The Morgan fingerprint density at radius 2 is 1.30 bits per heavy atom. The van der Waals surface area contributed by atoms with E-state index in [1.54, 1.807) is 0 Å². The zero-order valence-electron chi connectivity index (χ0n) is 13.9. The molecule has 120 valence electrons. The minimum atomic E-state index is -0.372. The van der Waals surface area contributed by atoms with Crippen LogP contribution in [0.25, 0.3) is 0 Å². The van der Waals surface area contributed by atoms with Crippen molar-refractivity contribution in [2.45, 2.75) is 103 Å². The molecule has 0 saturated heterocycles. The molecule has 0 amide bonds. The van der Waals surface area contributed by atoms with E-state index in [0.29, 0.717) is 0 Å². The molecular formula is C18H38NO+. The zero-order valence-corrected chi connectivity index (χ0v) is 13.9. The van der Waals surface area contributed by atoms with E-state index in [2.05, 4.69) is 18.7 Å². The summed E-state index contributed by atoms with van der Waals surface area (Å²) in [6.45, 7) is 4.22. The summed E-state index contributed by atoms with van der Waals surface area (Å²) in [5.74, 6) is 0. The van der Waals surface area contributed by atoms with E-state index in [-0.39, 0.29) is 12.1 Å². The number of hydrogen-bond acceptors (Lipinski definition) is 1. The number of aliphatic hydroxyl groups is 1. The van der Waals surface area contributed by atoms with Gasteiger partial charge in [0, 0.05) is 0 Å². The lowest BCUT2D eigenvalue weighted by molar-refractivity contribution is -0.427. The van der Waals surface area contributed by atoms with Gasteiger partial charge in [0.2, 0.25) is 0 Å². The van der Waals surface area contributed by atoms with Crippen molar-refractivity contribution in [2.24, 2.45) is 0 Å². The molecule has 0 unspecified atom stereocenters. The maximum atomic E-state index is 9.55. The minimum Gasteiger partial charge on any atom is -0.383 e. The fourth-order valence-corrected chi connectivity index (χ4v) is 2.35. The van der Waals surface area contributed by atoms with Gasteiger partial charge in [0.25, 0.3) is 0 Å². The molecule has 0 bridgehead atoms. The van der Waals surface area contributed by atoms with E-state index >= 15 is 0 Å². The minimum absolute atomic E-state index is 0.0866. The third-order valence-corrected chi connectivity index (χ3v) is 3.89. The summed E-state index contributed by atoms with van der Waals surface area (Å²) in [6, 6.07) is 0.0866. The smallest absolute Gasteiger partial charge is 0.123 e. The van der Waals surface area contributed by atoms with E-state index < -0.39 is 0 Å². The SMILES string of the molecule is CCCCCCCCCCCCC/C=C/[C@H](O)[C@@H](C)[NH3+]. The molecule has 0 aliphatic carbocycles.